The maximum Gasteiger partial charge on any atom is 0.416 e. The molecule has 1 aromatic heterocycles. The van der Waals surface area contributed by atoms with Crippen LogP contribution >= 0.6 is 0 Å². The summed E-state index contributed by atoms with van der Waals surface area (Å²) in [5, 5.41) is 0.805. The van der Waals surface area contributed by atoms with E-state index in [2.05, 4.69) is 9.72 Å². The summed E-state index contributed by atoms with van der Waals surface area (Å²) >= 11 is 0. The monoisotopic (exact) mass is 333 g/mol. The number of ether oxygens (including phenoxy) is 1. The number of H-pyrrole nitrogens is 1. The number of aromatic nitrogens is 1. The summed E-state index contributed by atoms with van der Waals surface area (Å²) in [6.07, 6.45) is -4.02. The van der Waals surface area contributed by atoms with Crippen LogP contribution in [-0.4, -0.2) is 18.1 Å². The summed E-state index contributed by atoms with van der Waals surface area (Å²) in [4.78, 5) is 14.7. The van der Waals surface area contributed by atoms with Crippen molar-refractivity contribution in [3.05, 3.63) is 70.9 Å². The number of fused-ring (bicyclic) bond motifs is 1. The van der Waals surface area contributed by atoms with Gasteiger partial charge in [0.15, 0.2) is 0 Å². The lowest BCUT2D eigenvalue weighted by molar-refractivity contribution is -0.137. The predicted molar refractivity (Wildman–Crippen MR) is 83.9 cm³/mol. The maximum absolute atomic E-state index is 12.8. The maximum atomic E-state index is 12.8. The third kappa shape index (κ3) is 3.27. The number of hydrogen-bond acceptors (Lipinski definition) is 2. The number of nitrogens with one attached hydrogen (secondary N) is 1. The second kappa shape index (κ2) is 6.03. The molecule has 0 saturated carbocycles. The van der Waals surface area contributed by atoms with E-state index in [4.69, 9.17) is 0 Å². The Labute approximate surface area is 136 Å². The molecule has 3 aromatic rings. The summed E-state index contributed by atoms with van der Waals surface area (Å²) in [5.41, 5.74) is 1.90. The number of rotatable bonds is 3. The van der Waals surface area contributed by atoms with E-state index in [9.17, 15) is 18.0 Å². The Morgan fingerprint density at radius 3 is 2.62 bits per heavy atom. The van der Waals surface area contributed by atoms with Crippen LogP contribution in [0, 0.1) is 0 Å². The van der Waals surface area contributed by atoms with E-state index < -0.39 is 17.7 Å². The Balaban J connectivity index is 1.89. The van der Waals surface area contributed by atoms with Crippen molar-refractivity contribution in [3.8, 4) is 0 Å². The van der Waals surface area contributed by atoms with Crippen molar-refractivity contribution in [3.63, 3.8) is 0 Å². The molecule has 0 spiro atoms. The Hall–Kier alpha value is -2.76. The lowest BCUT2D eigenvalue weighted by Gasteiger charge is -2.08. The fraction of sp³-hybridized carbons (Fsp3) is 0.167. The van der Waals surface area contributed by atoms with Gasteiger partial charge in [-0.05, 0) is 35.9 Å². The molecule has 0 unspecified atom stereocenters. The molecule has 1 N–H and O–H groups in total. The topological polar surface area (TPSA) is 42.1 Å². The molecule has 24 heavy (non-hydrogen) atoms. The number of carbonyl (C=O) groups is 1. The molecular formula is C18H14F3NO2. The van der Waals surface area contributed by atoms with Crippen molar-refractivity contribution in [2.45, 2.75) is 12.6 Å². The first-order valence-electron chi connectivity index (χ1n) is 7.23. The van der Waals surface area contributed by atoms with E-state index in [1.165, 1.54) is 13.2 Å². The molecular weight excluding hydrogens is 319 g/mol. The Bertz CT molecular complexity index is 897. The third-order valence-corrected chi connectivity index (χ3v) is 3.75. The van der Waals surface area contributed by atoms with E-state index in [0.29, 0.717) is 17.5 Å². The molecule has 6 heteroatoms. The highest BCUT2D eigenvalue weighted by Crippen LogP contribution is 2.30. The number of halogens is 3. The van der Waals surface area contributed by atoms with Crippen LogP contribution in [0.1, 0.15) is 27.2 Å². The lowest BCUT2D eigenvalue weighted by Crippen LogP contribution is -2.05. The number of esters is 1. The predicted octanol–water partition coefficient (Wildman–Crippen LogP) is 4.56. The molecule has 3 nitrogen and oxygen atoms in total. The number of alkyl halides is 3. The van der Waals surface area contributed by atoms with Crippen LogP contribution < -0.4 is 0 Å². The summed E-state index contributed by atoms with van der Waals surface area (Å²) in [5.74, 6) is -0.433. The van der Waals surface area contributed by atoms with Gasteiger partial charge < -0.3 is 9.72 Å². The second-order valence-electron chi connectivity index (χ2n) is 5.46. The van der Waals surface area contributed by atoms with Gasteiger partial charge in [0.1, 0.15) is 0 Å². The molecule has 3 rings (SSSR count). The van der Waals surface area contributed by atoms with Gasteiger partial charge in [0.2, 0.25) is 0 Å². The van der Waals surface area contributed by atoms with E-state index in [0.717, 1.165) is 28.7 Å². The Morgan fingerprint density at radius 1 is 1.12 bits per heavy atom. The smallest absolute Gasteiger partial charge is 0.416 e. The number of hydrogen-bond donors (Lipinski definition) is 1. The molecule has 124 valence electrons. The van der Waals surface area contributed by atoms with Gasteiger partial charge in [-0.25, -0.2) is 4.79 Å². The van der Waals surface area contributed by atoms with Crippen molar-refractivity contribution in [2.75, 3.05) is 7.11 Å². The molecule has 2 aromatic carbocycles. The van der Waals surface area contributed by atoms with E-state index in [1.807, 2.05) is 6.07 Å². The van der Waals surface area contributed by atoms with E-state index >= 15 is 0 Å². The van der Waals surface area contributed by atoms with Crippen LogP contribution in [0.2, 0.25) is 0 Å². The second-order valence-corrected chi connectivity index (χ2v) is 5.46. The average Bonchev–Trinajstić information content (AvgIpc) is 2.94. The molecule has 0 saturated heterocycles. The van der Waals surface area contributed by atoms with Crippen LogP contribution in [-0.2, 0) is 17.3 Å². The summed E-state index contributed by atoms with van der Waals surface area (Å²) in [7, 11) is 1.31. The van der Waals surface area contributed by atoms with Gasteiger partial charge in [-0.2, -0.15) is 13.2 Å². The van der Waals surface area contributed by atoms with Crippen LogP contribution in [0.15, 0.2) is 48.5 Å². The van der Waals surface area contributed by atoms with Crippen LogP contribution in [0.25, 0.3) is 10.9 Å². The van der Waals surface area contributed by atoms with Crippen molar-refractivity contribution in [1.29, 1.82) is 0 Å². The van der Waals surface area contributed by atoms with Crippen LogP contribution in [0.3, 0.4) is 0 Å². The summed E-state index contributed by atoms with van der Waals surface area (Å²) in [6.45, 7) is 0. The van der Waals surface area contributed by atoms with E-state index in [1.54, 1.807) is 24.3 Å². The highest BCUT2D eigenvalue weighted by molar-refractivity contribution is 5.94. The normalized spacial score (nSPS) is 11.7. The zero-order valence-corrected chi connectivity index (χ0v) is 12.8. The van der Waals surface area contributed by atoms with Crippen LogP contribution in [0.5, 0.6) is 0 Å². The SMILES string of the molecule is COC(=O)c1ccc2[nH]c(Cc3cccc(C(F)(F)F)c3)cc2c1. The van der Waals surface area contributed by atoms with E-state index in [-0.39, 0.29) is 0 Å². The van der Waals surface area contributed by atoms with Gasteiger partial charge >= 0.3 is 12.1 Å². The molecule has 0 fully saturated rings. The molecule has 0 aliphatic carbocycles. The largest absolute Gasteiger partial charge is 0.465 e. The van der Waals surface area contributed by atoms with Gasteiger partial charge in [-0.15, -0.1) is 0 Å². The Kier molecular flexibility index (Phi) is 4.05. The van der Waals surface area contributed by atoms with Gasteiger partial charge in [0.25, 0.3) is 0 Å². The van der Waals surface area contributed by atoms with Gasteiger partial charge in [-0.1, -0.05) is 18.2 Å². The highest BCUT2D eigenvalue weighted by atomic mass is 19.4. The summed E-state index contributed by atoms with van der Waals surface area (Å²) in [6, 6.07) is 12.1. The number of carbonyl (C=O) groups excluding carboxylic acids is 1. The molecule has 0 atom stereocenters. The molecule has 0 bridgehead atoms. The fourth-order valence-electron chi connectivity index (χ4n) is 2.61. The lowest BCUT2D eigenvalue weighted by atomic mass is 10.1. The van der Waals surface area contributed by atoms with Crippen LogP contribution in [0.4, 0.5) is 13.2 Å². The first-order chi connectivity index (χ1) is 11.4. The average molecular weight is 333 g/mol. The van der Waals surface area contributed by atoms with Crippen molar-refractivity contribution < 1.29 is 22.7 Å². The van der Waals surface area contributed by atoms with Crippen molar-refractivity contribution >= 4 is 16.9 Å². The zero-order chi connectivity index (χ0) is 17.3. The van der Waals surface area contributed by atoms with Gasteiger partial charge in [-0.3, -0.25) is 0 Å². The Morgan fingerprint density at radius 2 is 1.92 bits per heavy atom. The molecule has 0 aliphatic heterocycles. The minimum Gasteiger partial charge on any atom is -0.465 e. The molecule has 0 aliphatic rings. The van der Waals surface area contributed by atoms with Crippen molar-refractivity contribution in [2.24, 2.45) is 0 Å². The summed E-state index contributed by atoms with van der Waals surface area (Å²) < 4.78 is 43.0. The fourth-order valence-corrected chi connectivity index (χ4v) is 2.61. The number of benzene rings is 2. The van der Waals surface area contributed by atoms with Gasteiger partial charge in [0, 0.05) is 23.0 Å². The standard InChI is InChI=1S/C18H14F3NO2/c1-24-17(23)12-5-6-16-13(9-12)10-15(22-16)8-11-3-2-4-14(7-11)18(19,20)21/h2-7,9-10,22H,8H2,1H3. The molecule has 0 amide bonds. The minimum atomic E-state index is -4.36. The molecule has 1 heterocycles. The zero-order valence-electron chi connectivity index (χ0n) is 12.8. The van der Waals surface area contributed by atoms with Crippen molar-refractivity contribution in [1.82, 2.24) is 4.98 Å². The minimum absolute atomic E-state index is 0.339. The highest BCUT2D eigenvalue weighted by Gasteiger charge is 2.30. The number of aromatic amines is 1. The van der Waals surface area contributed by atoms with Gasteiger partial charge in [0.05, 0.1) is 18.2 Å². The first kappa shape index (κ1) is 16.1. The molecule has 0 radical (unpaired) electrons. The third-order valence-electron chi connectivity index (χ3n) is 3.75. The first-order valence-corrected chi connectivity index (χ1v) is 7.23. The number of methoxy groups -OCH3 is 1. The quantitative estimate of drug-likeness (QED) is 0.714.